The van der Waals surface area contributed by atoms with Crippen molar-refractivity contribution in [3.63, 3.8) is 0 Å². The van der Waals surface area contributed by atoms with Crippen LogP contribution in [0.1, 0.15) is 18.1 Å². The summed E-state index contributed by atoms with van der Waals surface area (Å²) in [5.41, 5.74) is 10.7. The van der Waals surface area contributed by atoms with Crippen LogP contribution in [-0.4, -0.2) is 50.3 Å². The summed E-state index contributed by atoms with van der Waals surface area (Å²) in [5, 5.41) is 3.66. The summed E-state index contributed by atoms with van der Waals surface area (Å²) in [6.45, 7) is 1.86. The molecule has 3 rings (SSSR count). The highest BCUT2D eigenvalue weighted by Gasteiger charge is 2.49. The van der Waals surface area contributed by atoms with Crippen molar-refractivity contribution in [1.82, 2.24) is 0 Å². The molecule has 0 aliphatic carbocycles. The first kappa shape index (κ1) is 23.7. The molecule has 2 aromatic carbocycles. The van der Waals surface area contributed by atoms with E-state index in [0.29, 0.717) is 0 Å². The molecule has 0 saturated carbocycles. The third-order valence-electron chi connectivity index (χ3n) is 5.02. The van der Waals surface area contributed by atoms with E-state index in [2.05, 4.69) is 10.0 Å². The quantitative estimate of drug-likeness (QED) is 0.240. The topological polar surface area (TPSA) is 112 Å². The molecule has 170 valence electrons. The minimum absolute atomic E-state index is 0.00774. The Labute approximate surface area is 186 Å². The Morgan fingerprint density at radius 1 is 0.969 bits per heavy atom. The SMILES string of the molecule is CO[C@H]1O[C@H](CN=[N+]=[N-])[C@@H](OCc2ccccc2)[C@H](OCc2ccccc2)[C@@H]1OC(C)=O. The lowest BCUT2D eigenvalue weighted by Gasteiger charge is -2.44. The average molecular weight is 441 g/mol. The predicted octanol–water partition coefficient (Wildman–Crippen LogP) is 3.77. The standard InChI is InChI=1S/C23H27N3O6/c1-16(27)31-22-21(30-15-18-11-7-4-8-12-18)20(29-14-17-9-5-3-6-10-17)19(13-25-26-24)32-23(22)28-2/h3-12,19-23H,13-15H2,1-2H3/t19-,20-,21+,22+,23+/m1/s1. The minimum Gasteiger partial charge on any atom is -0.454 e. The monoisotopic (exact) mass is 441 g/mol. The van der Waals surface area contributed by atoms with Crippen LogP contribution in [-0.2, 0) is 41.7 Å². The van der Waals surface area contributed by atoms with Crippen molar-refractivity contribution in [3.05, 3.63) is 82.2 Å². The van der Waals surface area contributed by atoms with Gasteiger partial charge in [0.2, 0.25) is 0 Å². The van der Waals surface area contributed by atoms with Crippen LogP contribution in [0.2, 0.25) is 0 Å². The van der Waals surface area contributed by atoms with Gasteiger partial charge >= 0.3 is 5.97 Å². The van der Waals surface area contributed by atoms with Gasteiger partial charge in [-0.05, 0) is 16.7 Å². The van der Waals surface area contributed by atoms with Crippen molar-refractivity contribution in [2.45, 2.75) is 50.8 Å². The van der Waals surface area contributed by atoms with Crippen molar-refractivity contribution in [2.75, 3.05) is 13.7 Å². The molecule has 9 nitrogen and oxygen atoms in total. The zero-order valence-corrected chi connectivity index (χ0v) is 18.1. The molecule has 0 amide bonds. The van der Waals surface area contributed by atoms with Crippen LogP contribution in [0.15, 0.2) is 65.8 Å². The molecule has 32 heavy (non-hydrogen) atoms. The summed E-state index contributed by atoms with van der Waals surface area (Å²) in [6, 6.07) is 19.2. The number of carbonyl (C=O) groups excluding carboxylic acids is 1. The highest BCUT2D eigenvalue weighted by molar-refractivity contribution is 5.66. The number of benzene rings is 2. The molecule has 5 atom stereocenters. The molecule has 0 radical (unpaired) electrons. The lowest BCUT2D eigenvalue weighted by Crippen LogP contribution is -2.61. The van der Waals surface area contributed by atoms with Crippen LogP contribution in [0.4, 0.5) is 0 Å². The third-order valence-corrected chi connectivity index (χ3v) is 5.02. The van der Waals surface area contributed by atoms with Crippen molar-refractivity contribution in [3.8, 4) is 0 Å². The molecule has 0 aromatic heterocycles. The number of esters is 1. The van der Waals surface area contributed by atoms with E-state index >= 15 is 0 Å². The average Bonchev–Trinajstić information content (AvgIpc) is 2.82. The molecule has 1 aliphatic heterocycles. The first-order valence-electron chi connectivity index (χ1n) is 10.3. The third kappa shape index (κ3) is 6.53. The van der Waals surface area contributed by atoms with Crippen molar-refractivity contribution >= 4 is 5.97 Å². The second-order valence-electron chi connectivity index (χ2n) is 7.29. The van der Waals surface area contributed by atoms with Gasteiger partial charge in [0.25, 0.3) is 0 Å². The fourth-order valence-corrected chi connectivity index (χ4v) is 3.57. The Kier molecular flexibility index (Phi) is 9.03. The van der Waals surface area contributed by atoms with Gasteiger partial charge in [-0.2, -0.15) is 0 Å². The van der Waals surface area contributed by atoms with Gasteiger partial charge in [0.05, 0.1) is 25.9 Å². The lowest BCUT2D eigenvalue weighted by atomic mass is 9.97. The zero-order valence-electron chi connectivity index (χ0n) is 18.1. The largest absolute Gasteiger partial charge is 0.454 e. The van der Waals surface area contributed by atoms with Crippen LogP contribution in [0.25, 0.3) is 10.4 Å². The zero-order chi connectivity index (χ0) is 22.8. The van der Waals surface area contributed by atoms with Gasteiger partial charge in [0, 0.05) is 18.9 Å². The molecule has 0 spiro atoms. The molecule has 1 fully saturated rings. The maximum Gasteiger partial charge on any atom is 0.303 e. The van der Waals surface area contributed by atoms with Gasteiger partial charge in [-0.1, -0.05) is 65.8 Å². The molecular formula is C23H27N3O6. The Hall–Kier alpha value is -2.94. The van der Waals surface area contributed by atoms with Crippen LogP contribution < -0.4 is 0 Å². The number of hydrogen-bond acceptors (Lipinski definition) is 7. The van der Waals surface area contributed by atoms with Crippen LogP contribution in [0, 0.1) is 0 Å². The van der Waals surface area contributed by atoms with Gasteiger partial charge < -0.3 is 23.7 Å². The molecule has 2 aromatic rings. The minimum atomic E-state index is -0.907. The lowest BCUT2D eigenvalue weighted by molar-refractivity contribution is -0.307. The van der Waals surface area contributed by atoms with Crippen molar-refractivity contribution < 1.29 is 28.5 Å². The summed E-state index contributed by atoms with van der Waals surface area (Å²) in [6.07, 6.45) is -3.84. The van der Waals surface area contributed by atoms with E-state index in [-0.39, 0.29) is 19.8 Å². The van der Waals surface area contributed by atoms with Crippen LogP contribution in [0.3, 0.4) is 0 Å². The molecule has 1 saturated heterocycles. The van der Waals surface area contributed by atoms with Crippen molar-refractivity contribution in [1.29, 1.82) is 0 Å². The Balaban J connectivity index is 1.88. The maximum absolute atomic E-state index is 11.8. The highest BCUT2D eigenvalue weighted by atomic mass is 16.7. The number of ether oxygens (including phenoxy) is 5. The van der Waals surface area contributed by atoms with E-state index in [1.807, 2.05) is 60.7 Å². The van der Waals surface area contributed by atoms with Gasteiger partial charge in [-0.25, -0.2) is 0 Å². The van der Waals surface area contributed by atoms with E-state index in [4.69, 9.17) is 29.2 Å². The predicted molar refractivity (Wildman–Crippen MR) is 115 cm³/mol. The number of methoxy groups -OCH3 is 1. The van der Waals surface area contributed by atoms with Crippen LogP contribution >= 0.6 is 0 Å². The first-order valence-corrected chi connectivity index (χ1v) is 10.3. The van der Waals surface area contributed by atoms with E-state index in [0.717, 1.165) is 11.1 Å². The first-order chi connectivity index (χ1) is 15.6. The van der Waals surface area contributed by atoms with Gasteiger partial charge in [-0.15, -0.1) is 0 Å². The highest BCUT2D eigenvalue weighted by Crippen LogP contribution is 2.30. The number of azide groups is 1. The summed E-state index contributed by atoms with van der Waals surface area (Å²) in [5.74, 6) is -0.496. The molecule has 1 heterocycles. The molecule has 0 bridgehead atoms. The summed E-state index contributed by atoms with van der Waals surface area (Å²) in [4.78, 5) is 14.7. The number of rotatable bonds is 10. The molecule has 0 N–H and O–H groups in total. The maximum atomic E-state index is 11.8. The van der Waals surface area contributed by atoms with Gasteiger partial charge in [0.15, 0.2) is 12.4 Å². The Morgan fingerprint density at radius 2 is 1.53 bits per heavy atom. The number of hydrogen-bond donors (Lipinski definition) is 0. The number of carbonyl (C=O) groups is 1. The molecule has 9 heteroatoms. The van der Waals surface area contributed by atoms with E-state index in [9.17, 15) is 4.79 Å². The van der Waals surface area contributed by atoms with Crippen molar-refractivity contribution in [2.24, 2.45) is 5.11 Å². The molecular weight excluding hydrogens is 414 g/mol. The van der Waals surface area contributed by atoms with E-state index in [1.165, 1.54) is 14.0 Å². The van der Waals surface area contributed by atoms with Crippen LogP contribution in [0.5, 0.6) is 0 Å². The second kappa shape index (κ2) is 12.2. The smallest absolute Gasteiger partial charge is 0.303 e. The summed E-state index contributed by atoms with van der Waals surface area (Å²) < 4.78 is 29.4. The van der Waals surface area contributed by atoms with Gasteiger partial charge in [-0.3, -0.25) is 4.79 Å². The van der Waals surface area contributed by atoms with Gasteiger partial charge in [0.1, 0.15) is 12.2 Å². The fourth-order valence-electron chi connectivity index (χ4n) is 3.57. The number of nitrogens with zero attached hydrogens (tertiary/aromatic N) is 3. The molecule has 0 unspecified atom stereocenters. The summed E-state index contributed by atoms with van der Waals surface area (Å²) in [7, 11) is 1.45. The fraction of sp³-hybridized carbons (Fsp3) is 0.435. The normalized spacial score (nSPS) is 25.0. The molecule has 1 aliphatic rings. The van der Waals surface area contributed by atoms with E-state index in [1.54, 1.807) is 0 Å². The second-order valence-corrected chi connectivity index (χ2v) is 7.29. The summed E-state index contributed by atoms with van der Waals surface area (Å²) >= 11 is 0. The Morgan fingerprint density at radius 3 is 2.03 bits per heavy atom. The Bertz CT molecular complexity index is 891. The van der Waals surface area contributed by atoms with E-state index < -0.39 is 36.7 Å².